The van der Waals surface area contributed by atoms with Crippen molar-refractivity contribution in [3.05, 3.63) is 76.4 Å². The zero-order valence-electron chi connectivity index (χ0n) is 18.7. The molecule has 0 saturated heterocycles. The summed E-state index contributed by atoms with van der Waals surface area (Å²) < 4.78 is 8.77. The first-order chi connectivity index (χ1) is 17.1. The summed E-state index contributed by atoms with van der Waals surface area (Å²) in [5.41, 5.74) is 3.92. The minimum atomic E-state index is -0.325. The van der Waals surface area contributed by atoms with Crippen LogP contribution in [0.2, 0.25) is 0 Å². The first-order valence-corrected chi connectivity index (χ1v) is 11.0. The molecule has 0 amide bonds. The van der Waals surface area contributed by atoms with E-state index in [9.17, 15) is 10.1 Å². The molecule has 0 unspecified atom stereocenters. The fourth-order valence-corrected chi connectivity index (χ4v) is 4.12. The largest absolute Gasteiger partial charge is 0.480 e. The van der Waals surface area contributed by atoms with Gasteiger partial charge in [0.1, 0.15) is 23.7 Å². The van der Waals surface area contributed by atoms with Gasteiger partial charge in [0, 0.05) is 18.2 Å². The van der Waals surface area contributed by atoms with Gasteiger partial charge in [0.2, 0.25) is 5.88 Å². The number of nitrogens with one attached hydrogen (secondary N) is 1. The van der Waals surface area contributed by atoms with Crippen molar-refractivity contribution in [2.75, 3.05) is 7.11 Å². The van der Waals surface area contributed by atoms with E-state index in [0.29, 0.717) is 35.5 Å². The van der Waals surface area contributed by atoms with E-state index >= 15 is 0 Å². The number of rotatable bonds is 6. The highest BCUT2D eigenvalue weighted by Crippen LogP contribution is 2.44. The summed E-state index contributed by atoms with van der Waals surface area (Å²) in [5.74, 6) is 1.35. The molecule has 35 heavy (non-hydrogen) atoms. The van der Waals surface area contributed by atoms with Gasteiger partial charge < -0.3 is 4.74 Å². The third-order valence-electron chi connectivity index (χ3n) is 5.97. The number of H-pyrrole nitrogens is 1. The zero-order chi connectivity index (χ0) is 23.9. The van der Waals surface area contributed by atoms with E-state index in [-0.39, 0.29) is 11.3 Å². The highest BCUT2D eigenvalue weighted by Gasteiger charge is 2.31. The van der Waals surface area contributed by atoms with Crippen molar-refractivity contribution < 1.29 is 4.74 Å². The average molecular weight is 465 g/mol. The van der Waals surface area contributed by atoms with Gasteiger partial charge in [-0.1, -0.05) is 12.1 Å². The minimum Gasteiger partial charge on any atom is -0.480 e. The molecule has 1 fully saturated rings. The molecule has 6 rings (SSSR count). The van der Waals surface area contributed by atoms with Gasteiger partial charge in [-0.25, -0.2) is 29.3 Å². The van der Waals surface area contributed by atoms with Crippen molar-refractivity contribution in [2.24, 2.45) is 0 Å². The van der Waals surface area contributed by atoms with E-state index in [1.165, 1.54) is 17.1 Å². The highest BCUT2D eigenvalue weighted by atomic mass is 16.5. The molecule has 1 saturated carbocycles. The Labute approximate surface area is 198 Å². The SMILES string of the molecule is COc1ncnc(C2CC2)c1-c1ncc2cnn(Cc3ccc(-n4[nH]c(=O)cc4C#N)cc3)c2n1. The Bertz CT molecular complexity index is 1650. The maximum Gasteiger partial charge on any atom is 0.265 e. The predicted octanol–water partition coefficient (Wildman–Crippen LogP) is 2.57. The Kier molecular flexibility index (Phi) is 4.84. The van der Waals surface area contributed by atoms with Crippen molar-refractivity contribution in [3.8, 4) is 29.0 Å². The fourth-order valence-electron chi connectivity index (χ4n) is 4.12. The van der Waals surface area contributed by atoms with Crippen LogP contribution in [0.1, 0.15) is 35.7 Å². The molecule has 172 valence electrons. The maximum atomic E-state index is 11.6. The molecule has 1 N–H and O–H groups in total. The van der Waals surface area contributed by atoms with E-state index in [2.05, 4.69) is 25.1 Å². The number of nitriles is 1. The monoisotopic (exact) mass is 465 g/mol. The van der Waals surface area contributed by atoms with E-state index in [4.69, 9.17) is 9.72 Å². The molecule has 4 aromatic heterocycles. The predicted molar refractivity (Wildman–Crippen MR) is 125 cm³/mol. The van der Waals surface area contributed by atoms with Gasteiger partial charge in [0.25, 0.3) is 5.56 Å². The second-order valence-corrected chi connectivity index (χ2v) is 8.31. The number of aromatic nitrogens is 8. The fraction of sp³-hybridized carbons (Fsp3) is 0.208. The van der Waals surface area contributed by atoms with Crippen molar-refractivity contribution in [2.45, 2.75) is 25.3 Å². The van der Waals surface area contributed by atoms with Crippen molar-refractivity contribution in [1.29, 1.82) is 5.26 Å². The number of ether oxygens (including phenoxy) is 1. The lowest BCUT2D eigenvalue weighted by Gasteiger charge is -2.11. The summed E-state index contributed by atoms with van der Waals surface area (Å²) in [7, 11) is 1.58. The average Bonchev–Trinajstić information content (AvgIpc) is 3.57. The van der Waals surface area contributed by atoms with E-state index in [1.54, 1.807) is 24.2 Å². The highest BCUT2D eigenvalue weighted by molar-refractivity contribution is 5.77. The van der Waals surface area contributed by atoms with Crippen LogP contribution in [-0.4, -0.2) is 46.6 Å². The topological polar surface area (TPSA) is 140 Å². The first kappa shape index (κ1) is 20.7. The quantitative estimate of drug-likeness (QED) is 0.403. The molecule has 0 radical (unpaired) electrons. The van der Waals surface area contributed by atoms with Gasteiger partial charge in [-0.3, -0.25) is 9.89 Å². The van der Waals surface area contributed by atoms with Crippen LogP contribution >= 0.6 is 0 Å². The van der Waals surface area contributed by atoms with Gasteiger partial charge in [-0.15, -0.1) is 0 Å². The van der Waals surface area contributed by atoms with Gasteiger partial charge in [-0.2, -0.15) is 10.4 Å². The third kappa shape index (κ3) is 3.71. The van der Waals surface area contributed by atoms with Crippen LogP contribution in [0.15, 0.2) is 53.8 Å². The van der Waals surface area contributed by atoms with Crippen LogP contribution in [0.3, 0.4) is 0 Å². The molecular weight excluding hydrogens is 446 g/mol. The van der Waals surface area contributed by atoms with Gasteiger partial charge in [0.15, 0.2) is 11.5 Å². The van der Waals surface area contributed by atoms with Crippen LogP contribution < -0.4 is 10.3 Å². The third-order valence-corrected chi connectivity index (χ3v) is 5.97. The number of aromatic amines is 1. The van der Waals surface area contributed by atoms with Crippen LogP contribution in [0.5, 0.6) is 5.88 Å². The van der Waals surface area contributed by atoms with Crippen LogP contribution in [0.4, 0.5) is 0 Å². The number of hydrogen-bond acceptors (Lipinski definition) is 8. The Balaban J connectivity index is 1.35. The van der Waals surface area contributed by atoms with Gasteiger partial charge >= 0.3 is 0 Å². The molecule has 0 aliphatic heterocycles. The molecule has 0 atom stereocenters. The number of hydrogen-bond donors (Lipinski definition) is 1. The molecular formula is C24H19N9O2. The van der Waals surface area contributed by atoms with Gasteiger partial charge in [-0.05, 0) is 30.5 Å². The molecule has 11 heteroatoms. The molecule has 5 aromatic rings. The lowest BCUT2D eigenvalue weighted by Crippen LogP contribution is -2.06. The van der Waals surface area contributed by atoms with Crippen molar-refractivity contribution in [1.82, 2.24) is 39.5 Å². The molecule has 1 aliphatic rings. The molecule has 0 bridgehead atoms. The lowest BCUT2D eigenvalue weighted by molar-refractivity contribution is 0.397. The van der Waals surface area contributed by atoms with Crippen LogP contribution in [0.25, 0.3) is 28.1 Å². The summed E-state index contributed by atoms with van der Waals surface area (Å²) in [5, 5.41) is 17.2. The number of benzene rings is 1. The lowest BCUT2D eigenvalue weighted by atomic mass is 10.1. The molecule has 0 spiro atoms. The summed E-state index contributed by atoms with van der Waals surface area (Å²) in [6.45, 7) is 0.478. The summed E-state index contributed by atoms with van der Waals surface area (Å²) >= 11 is 0. The summed E-state index contributed by atoms with van der Waals surface area (Å²) in [6, 6.07) is 10.8. The van der Waals surface area contributed by atoms with Crippen molar-refractivity contribution >= 4 is 11.0 Å². The molecule has 11 nitrogen and oxygen atoms in total. The zero-order valence-corrected chi connectivity index (χ0v) is 18.7. The Morgan fingerprint density at radius 2 is 2.00 bits per heavy atom. The van der Waals surface area contributed by atoms with E-state index in [1.807, 2.05) is 30.3 Å². The van der Waals surface area contributed by atoms with Crippen LogP contribution in [-0.2, 0) is 6.54 Å². The number of fused-ring (bicyclic) bond motifs is 1. The van der Waals surface area contributed by atoms with E-state index < -0.39 is 0 Å². The van der Waals surface area contributed by atoms with Crippen LogP contribution in [0, 0.1) is 11.3 Å². The number of methoxy groups -OCH3 is 1. The van der Waals surface area contributed by atoms with E-state index in [0.717, 1.165) is 35.0 Å². The summed E-state index contributed by atoms with van der Waals surface area (Å²) in [6.07, 6.45) is 7.16. The van der Waals surface area contributed by atoms with Gasteiger partial charge in [0.05, 0.1) is 36.6 Å². The summed E-state index contributed by atoms with van der Waals surface area (Å²) in [4.78, 5) is 29.8. The smallest absolute Gasteiger partial charge is 0.265 e. The minimum absolute atomic E-state index is 0.246. The second-order valence-electron chi connectivity index (χ2n) is 8.31. The number of nitrogens with zero attached hydrogens (tertiary/aromatic N) is 8. The molecule has 1 aliphatic carbocycles. The Morgan fingerprint density at radius 1 is 1.17 bits per heavy atom. The standard InChI is InChI=1S/C24H19N9O2/c1-35-24-20(21(15-4-5-15)27-13-28-24)22-26-10-16-11-29-32(23(16)30-22)12-14-2-6-17(7-3-14)33-18(9-25)8-19(34)31-33/h2-3,6-8,10-11,13,15H,4-5,12H2,1H3,(H,31,34). The van der Waals surface area contributed by atoms with Crippen molar-refractivity contribution in [3.63, 3.8) is 0 Å². The Morgan fingerprint density at radius 3 is 2.74 bits per heavy atom. The normalized spacial score (nSPS) is 13.1. The Hall–Kier alpha value is -4.85. The first-order valence-electron chi connectivity index (χ1n) is 11.0. The maximum absolute atomic E-state index is 11.6. The molecule has 4 heterocycles. The molecule has 1 aromatic carbocycles. The second kappa shape index (κ2) is 8.18.